The van der Waals surface area contributed by atoms with Crippen LogP contribution in [0.2, 0.25) is 0 Å². The van der Waals surface area contributed by atoms with E-state index in [2.05, 4.69) is 13.0 Å². The van der Waals surface area contributed by atoms with Crippen molar-refractivity contribution in [3.63, 3.8) is 0 Å². The molecule has 0 aliphatic rings. The summed E-state index contributed by atoms with van der Waals surface area (Å²) in [6, 6.07) is 22.0. The van der Waals surface area contributed by atoms with Gasteiger partial charge in [0.1, 0.15) is 0 Å². The van der Waals surface area contributed by atoms with Crippen molar-refractivity contribution < 1.29 is 13.2 Å². The van der Waals surface area contributed by atoms with Gasteiger partial charge in [-0.15, -0.1) is 0 Å². The number of carbonyl (C=O) groups is 1. The smallest absolute Gasteiger partial charge is 0.261 e. The van der Waals surface area contributed by atoms with E-state index in [9.17, 15) is 13.2 Å². The Hall–Kier alpha value is -3.03. The van der Waals surface area contributed by atoms with Crippen LogP contribution in [0.1, 0.15) is 28.4 Å². The quantitative estimate of drug-likeness (QED) is 0.409. The first-order valence-corrected chi connectivity index (χ1v) is 12.6. The van der Waals surface area contributed by atoms with Crippen molar-refractivity contribution in [3.05, 3.63) is 89.5 Å². The lowest BCUT2D eigenvalue weighted by Crippen LogP contribution is -2.31. The summed E-state index contributed by atoms with van der Waals surface area (Å²) in [5, 5.41) is 0.542. The van der Waals surface area contributed by atoms with Crippen LogP contribution in [0.15, 0.2) is 77.7 Å². The molecule has 0 aliphatic carbocycles. The molecular formula is C24H22N2O3S2. The summed E-state index contributed by atoms with van der Waals surface area (Å²) in [6.45, 7) is 2.38. The second-order valence-electron chi connectivity index (χ2n) is 7.30. The second kappa shape index (κ2) is 8.61. The lowest BCUT2D eigenvalue weighted by Gasteiger charge is -2.21. The van der Waals surface area contributed by atoms with Crippen LogP contribution in [0.5, 0.6) is 0 Å². The number of hydrogen-bond donors (Lipinski definition) is 0. The number of hydrogen-bond acceptors (Lipinski definition) is 5. The minimum atomic E-state index is -3.57. The van der Waals surface area contributed by atoms with Crippen LogP contribution in [-0.2, 0) is 22.8 Å². The predicted octanol–water partition coefficient (Wildman–Crippen LogP) is 5.11. The molecule has 1 aromatic heterocycles. The molecule has 0 unspecified atom stereocenters. The summed E-state index contributed by atoms with van der Waals surface area (Å²) in [6.07, 6.45) is 2.03. The van der Waals surface area contributed by atoms with Crippen LogP contribution in [0.25, 0.3) is 10.2 Å². The third kappa shape index (κ3) is 4.52. The van der Waals surface area contributed by atoms with Crippen LogP contribution < -0.4 is 4.90 Å². The molecule has 0 N–H and O–H groups in total. The molecule has 1 heterocycles. The molecule has 0 atom stereocenters. The van der Waals surface area contributed by atoms with E-state index in [1.165, 1.54) is 23.0 Å². The highest BCUT2D eigenvalue weighted by atomic mass is 32.2. The van der Waals surface area contributed by atoms with Gasteiger partial charge in [0.05, 0.1) is 27.2 Å². The Balaban J connectivity index is 1.83. The molecule has 3 aromatic carbocycles. The fourth-order valence-corrected chi connectivity index (χ4v) is 5.30. The molecule has 0 saturated carbocycles. The Morgan fingerprint density at radius 3 is 2.39 bits per heavy atom. The van der Waals surface area contributed by atoms with E-state index < -0.39 is 9.84 Å². The molecule has 0 spiro atoms. The van der Waals surface area contributed by atoms with Gasteiger partial charge in [0.25, 0.3) is 5.91 Å². The molecule has 158 valence electrons. The Morgan fingerprint density at radius 2 is 1.68 bits per heavy atom. The largest absolute Gasteiger partial charge is 0.279 e. The molecule has 4 aromatic rings. The number of aromatic nitrogens is 1. The topological polar surface area (TPSA) is 67.3 Å². The first-order chi connectivity index (χ1) is 14.9. The average Bonchev–Trinajstić information content (AvgIpc) is 3.20. The zero-order valence-corrected chi connectivity index (χ0v) is 18.9. The summed E-state index contributed by atoms with van der Waals surface area (Å²) >= 11 is 1.44. The third-order valence-electron chi connectivity index (χ3n) is 5.03. The summed E-state index contributed by atoms with van der Waals surface area (Å²) in [7, 11) is -3.57. The van der Waals surface area contributed by atoms with Crippen molar-refractivity contribution >= 4 is 42.4 Å². The van der Waals surface area contributed by atoms with Crippen LogP contribution in [0.4, 0.5) is 5.13 Å². The van der Waals surface area contributed by atoms with Gasteiger partial charge in [-0.3, -0.25) is 9.69 Å². The van der Waals surface area contributed by atoms with Crippen LogP contribution in [0.3, 0.4) is 0 Å². The SMILES string of the molecule is CCc1ccc2nc(N(Cc3ccccc3)C(=O)c3ccccc3S(C)(=O)=O)sc2c1. The zero-order valence-electron chi connectivity index (χ0n) is 17.3. The molecule has 0 aliphatic heterocycles. The van der Waals surface area contributed by atoms with Gasteiger partial charge in [0.15, 0.2) is 15.0 Å². The Bertz CT molecular complexity index is 1350. The van der Waals surface area contributed by atoms with E-state index in [-0.39, 0.29) is 22.9 Å². The zero-order chi connectivity index (χ0) is 22.0. The Labute approximate surface area is 185 Å². The van der Waals surface area contributed by atoms with Gasteiger partial charge in [-0.25, -0.2) is 13.4 Å². The standard InChI is InChI=1S/C24H22N2O3S2/c1-3-17-13-14-20-21(15-17)30-24(25-20)26(16-18-9-5-4-6-10-18)23(27)19-11-7-8-12-22(19)31(2,28)29/h4-15H,3,16H2,1-2H3. The molecule has 31 heavy (non-hydrogen) atoms. The van der Waals surface area contributed by atoms with Crippen molar-refractivity contribution in [3.8, 4) is 0 Å². The van der Waals surface area contributed by atoms with Gasteiger partial charge in [0.2, 0.25) is 0 Å². The molecule has 0 saturated heterocycles. The van der Waals surface area contributed by atoms with Crippen LogP contribution >= 0.6 is 11.3 Å². The third-order valence-corrected chi connectivity index (χ3v) is 7.22. The maximum absolute atomic E-state index is 13.6. The summed E-state index contributed by atoms with van der Waals surface area (Å²) in [5.41, 5.74) is 3.10. The fourth-order valence-electron chi connectivity index (χ4n) is 3.40. The normalized spacial score (nSPS) is 11.5. The molecule has 5 nitrogen and oxygen atoms in total. The van der Waals surface area contributed by atoms with Crippen molar-refractivity contribution in [1.82, 2.24) is 4.98 Å². The second-order valence-corrected chi connectivity index (χ2v) is 10.3. The summed E-state index contributed by atoms with van der Waals surface area (Å²) in [5.74, 6) is -0.389. The number of benzene rings is 3. The van der Waals surface area contributed by atoms with Gasteiger partial charge >= 0.3 is 0 Å². The average molecular weight is 451 g/mol. The van der Waals surface area contributed by atoms with Gasteiger partial charge in [0, 0.05) is 6.26 Å². The summed E-state index contributed by atoms with van der Waals surface area (Å²) < 4.78 is 25.6. The fraction of sp³-hybridized carbons (Fsp3) is 0.167. The minimum Gasteiger partial charge on any atom is -0.279 e. The lowest BCUT2D eigenvalue weighted by atomic mass is 10.1. The number of thiazole rings is 1. The van der Waals surface area contributed by atoms with Gasteiger partial charge in [-0.05, 0) is 41.8 Å². The number of anilines is 1. The maximum atomic E-state index is 13.6. The molecule has 0 bridgehead atoms. The van der Waals surface area contributed by atoms with Crippen molar-refractivity contribution in [1.29, 1.82) is 0 Å². The number of carbonyl (C=O) groups excluding carboxylic acids is 1. The molecule has 0 radical (unpaired) electrons. The molecule has 1 amide bonds. The minimum absolute atomic E-state index is 0.0208. The number of rotatable bonds is 6. The highest BCUT2D eigenvalue weighted by Crippen LogP contribution is 2.32. The Morgan fingerprint density at radius 1 is 0.968 bits per heavy atom. The van der Waals surface area contributed by atoms with E-state index in [4.69, 9.17) is 4.98 Å². The van der Waals surface area contributed by atoms with Crippen LogP contribution in [0, 0.1) is 0 Å². The number of fused-ring (bicyclic) bond motifs is 1. The number of amides is 1. The first kappa shape index (κ1) is 21.2. The van der Waals surface area contributed by atoms with E-state index >= 15 is 0 Å². The molecular weight excluding hydrogens is 428 g/mol. The highest BCUT2D eigenvalue weighted by Gasteiger charge is 2.26. The maximum Gasteiger partial charge on any atom is 0.261 e. The highest BCUT2D eigenvalue weighted by molar-refractivity contribution is 7.90. The number of nitrogens with zero attached hydrogens (tertiary/aromatic N) is 2. The number of aryl methyl sites for hydroxylation is 1. The van der Waals surface area contributed by atoms with Gasteiger partial charge < -0.3 is 0 Å². The lowest BCUT2D eigenvalue weighted by molar-refractivity contribution is 0.0982. The van der Waals surface area contributed by atoms with Crippen LogP contribution in [-0.4, -0.2) is 25.6 Å². The van der Waals surface area contributed by atoms with Gasteiger partial charge in [-0.2, -0.15) is 0 Å². The molecule has 4 rings (SSSR count). The van der Waals surface area contributed by atoms with E-state index in [0.717, 1.165) is 28.5 Å². The predicted molar refractivity (Wildman–Crippen MR) is 126 cm³/mol. The van der Waals surface area contributed by atoms with Gasteiger partial charge in [-0.1, -0.05) is 66.8 Å². The van der Waals surface area contributed by atoms with E-state index in [1.54, 1.807) is 23.1 Å². The monoisotopic (exact) mass is 450 g/mol. The molecule has 0 fully saturated rings. The van der Waals surface area contributed by atoms with E-state index in [0.29, 0.717) is 5.13 Å². The van der Waals surface area contributed by atoms with Crippen molar-refractivity contribution in [2.24, 2.45) is 0 Å². The van der Waals surface area contributed by atoms with Crippen molar-refractivity contribution in [2.75, 3.05) is 11.2 Å². The first-order valence-electron chi connectivity index (χ1n) is 9.91. The van der Waals surface area contributed by atoms with E-state index in [1.807, 2.05) is 42.5 Å². The van der Waals surface area contributed by atoms with Crippen molar-refractivity contribution in [2.45, 2.75) is 24.8 Å². The Kier molecular flexibility index (Phi) is 5.89. The summed E-state index contributed by atoms with van der Waals surface area (Å²) in [4.78, 5) is 19.9. The number of sulfone groups is 1. The molecule has 7 heteroatoms.